The third kappa shape index (κ3) is 4.77. The highest BCUT2D eigenvalue weighted by molar-refractivity contribution is 9.10. The minimum absolute atomic E-state index is 0.134. The van der Waals surface area contributed by atoms with E-state index in [1.54, 1.807) is 13.0 Å². The largest absolute Gasteiger partial charge is 0.338 e. The van der Waals surface area contributed by atoms with E-state index in [1.165, 1.54) is 11.3 Å². The molecule has 0 saturated heterocycles. The normalized spacial score (nSPS) is 11.6. The van der Waals surface area contributed by atoms with E-state index in [0.29, 0.717) is 16.9 Å². The molecule has 0 saturated carbocycles. The summed E-state index contributed by atoms with van der Waals surface area (Å²) < 4.78 is 26.7. The maximum atomic E-state index is 12.0. The highest BCUT2D eigenvalue weighted by Gasteiger charge is 2.23. The summed E-state index contributed by atoms with van der Waals surface area (Å²) in [6, 6.07) is 1.07. The Hall–Kier alpha value is -0.600. The molecule has 0 fully saturated rings. The summed E-state index contributed by atoms with van der Waals surface area (Å²) in [6.07, 6.45) is 0.805. The summed E-state index contributed by atoms with van der Waals surface area (Å²) >= 11 is 4.41. The molecule has 1 aromatic heterocycles. The number of nitrogens with one attached hydrogen (secondary N) is 2. The minimum atomic E-state index is -3.82. The second kappa shape index (κ2) is 6.71. The number of carbonyl (C=O) groups is 1. The predicted octanol–water partition coefficient (Wildman–Crippen LogP) is 2.72. The molecule has 1 aromatic rings. The molecule has 0 aliphatic heterocycles. The summed E-state index contributed by atoms with van der Waals surface area (Å²) in [6.45, 7) is 6.21. The second-order valence-electron chi connectivity index (χ2n) is 4.41. The maximum Gasteiger partial charge on any atom is 0.328 e. The lowest BCUT2D eigenvalue weighted by molar-refractivity contribution is 0.246. The number of amides is 2. The molecular formula is C11H17BrN2O3S2. The molecule has 0 spiro atoms. The van der Waals surface area contributed by atoms with Crippen LogP contribution in [0, 0.1) is 5.92 Å². The molecule has 2 N–H and O–H groups in total. The van der Waals surface area contributed by atoms with Gasteiger partial charge in [0.2, 0.25) is 0 Å². The van der Waals surface area contributed by atoms with Crippen LogP contribution >= 0.6 is 27.3 Å². The van der Waals surface area contributed by atoms with E-state index in [-0.39, 0.29) is 4.21 Å². The predicted molar refractivity (Wildman–Crippen MR) is 80.0 cm³/mol. The minimum Gasteiger partial charge on any atom is -0.338 e. The van der Waals surface area contributed by atoms with Crippen molar-refractivity contribution >= 4 is 43.3 Å². The molecule has 108 valence electrons. The molecule has 0 aliphatic carbocycles. The van der Waals surface area contributed by atoms with Crippen molar-refractivity contribution in [1.82, 2.24) is 10.0 Å². The van der Waals surface area contributed by atoms with Gasteiger partial charge in [-0.25, -0.2) is 17.9 Å². The van der Waals surface area contributed by atoms with Crippen molar-refractivity contribution in [3.8, 4) is 0 Å². The lowest BCUT2D eigenvalue weighted by Gasteiger charge is -2.05. The van der Waals surface area contributed by atoms with Crippen LogP contribution < -0.4 is 10.0 Å². The molecule has 5 nitrogen and oxygen atoms in total. The van der Waals surface area contributed by atoms with Crippen molar-refractivity contribution in [2.75, 3.05) is 6.54 Å². The SMILES string of the molecule is CCNC(=O)NS(=O)(=O)c1sc(CC(C)C)cc1Br. The smallest absolute Gasteiger partial charge is 0.328 e. The van der Waals surface area contributed by atoms with Gasteiger partial charge >= 0.3 is 6.03 Å². The molecule has 0 atom stereocenters. The number of urea groups is 1. The van der Waals surface area contributed by atoms with Crippen LogP contribution in [0.25, 0.3) is 0 Å². The van der Waals surface area contributed by atoms with E-state index in [1.807, 2.05) is 4.72 Å². The molecule has 1 rings (SSSR count). The first kappa shape index (κ1) is 16.5. The van der Waals surface area contributed by atoms with Crippen molar-refractivity contribution in [1.29, 1.82) is 0 Å². The molecule has 0 bridgehead atoms. The Morgan fingerprint density at radius 2 is 2.11 bits per heavy atom. The summed E-state index contributed by atoms with van der Waals surface area (Å²) in [4.78, 5) is 12.3. The molecule has 0 unspecified atom stereocenters. The van der Waals surface area contributed by atoms with Gasteiger partial charge in [0.1, 0.15) is 0 Å². The van der Waals surface area contributed by atoms with Gasteiger partial charge in [-0.05, 0) is 41.3 Å². The van der Waals surface area contributed by atoms with Crippen LogP contribution in [0.5, 0.6) is 0 Å². The molecular weight excluding hydrogens is 352 g/mol. The van der Waals surface area contributed by atoms with Crippen molar-refractivity contribution in [2.45, 2.75) is 31.4 Å². The molecule has 0 aromatic carbocycles. The first-order valence-electron chi connectivity index (χ1n) is 5.85. The van der Waals surface area contributed by atoms with Crippen LogP contribution in [0.1, 0.15) is 25.6 Å². The summed E-state index contributed by atoms with van der Waals surface area (Å²) in [7, 11) is -3.82. The van der Waals surface area contributed by atoms with Gasteiger partial charge in [0.05, 0.1) is 0 Å². The Balaban J connectivity index is 2.95. The lowest BCUT2D eigenvalue weighted by atomic mass is 10.1. The number of hydrogen-bond acceptors (Lipinski definition) is 4. The quantitative estimate of drug-likeness (QED) is 0.838. The van der Waals surface area contributed by atoms with Crippen molar-refractivity contribution < 1.29 is 13.2 Å². The second-order valence-corrected chi connectivity index (χ2v) is 8.28. The van der Waals surface area contributed by atoms with Gasteiger partial charge in [-0.2, -0.15) is 0 Å². The molecule has 2 amide bonds. The average Bonchev–Trinajstić information content (AvgIpc) is 2.58. The monoisotopic (exact) mass is 368 g/mol. The fourth-order valence-electron chi connectivity index (χ4n) is 1.45. The van der Waals surface area contributed by atoms with Crippen molar-refractivity contribution in [3.05, 3.63) is 15.4 Å². The number of carbonyl (C=O) groups excluding carboxylic acids is 1. The summed E-state index contributed by atoms with van der Waals surface area (Å²) in [5.41, 5.74) is 0. The third-order valence-corrected chi connectivity index (χ3v) is 6.30. The number of halogens is 1. The average molecular weight is 369 g/mol. The van der Waals surface area contributed by atoms with Gasteiger partial charge in [0.15, 0.2) is 4.21 Å². The molecule has 0 aliphatic rings. The van der Waals surface area contributed by atoms with E-state index in [9.17, 15) is 13.2 Å². The van der Waals surface area contributed by atoms with Crippen LogP contribution in [0.2, 0.25) is 0 Å². The van der Waals surface area contributed by atoms with E-state index >= 15 is 0 Å². The highest BCUT2D eigenvalue weighted by Crippen LogP contribution is 2.32. The van der Waals surface area contributed by atoms with E-state index in [2.05, 4.69) is 35.1 Å². The number of sulfonamides is 1. The van der Waals surface area contributed by atoms with Gasteiger partial charge in [-0.1, -0.05) is 13.8 Å². The standard InChI is InChI=1S/C11H17BrN2O3S2/c1-4-13-11(15)14-19(16,17)10-9(12)6-8(18-10)5-7(2)3/h6-7H,4-5H2,1-3H3,(H2,13,14,15). The molecule has 8 heteroatoms. The Morgan fingerprint density at radius 3 is 2.63 bits per heavy atom. The first-order valence-corrected chi connectivity index (χ1v) is 8.94. The van der Waals surface area contributed by atoms with Gasteiger partial charge in [0, 0.05) is 15.9 Å². The maximum absolute atomic E-state index is 12.0. The lowest BCUT2D eigenvalue weighted by Crippen LogP contribution is -2.39. The van der Waals surface area contributed by atoms with Crippen LogP contribution in [0.4, 0.5) is 4.79 Å². The molecule has 0 radical (unpaired) electrons. The Bertz CT molecular complexity index is 552. The zero-order valence-corrected chi connectivity index (χ0v) is 14.2. The Kier molecular flexibility index (Phi) is 5.82. The van der Waals surface area contributed by atoms with Gasteiger partial charge in [-0.3, -0.25) is 0 Å². The molecule has 1 heterocycles. The topological polar surface area (TPSA) is 75.3 Å². The summed E-state index contributed by atoms with van der Waals surface area (Å²) in [5, 5.41) is 2.39. The van der Waals surface area contributed by atoms with Crippen LogP contribution in [-0.4, -0.2) is 21.0 Å². The zero-order chi connectivity index (χ0) is 14.6. The van der Waals surface area contributed by atoms with Crippen LogP contribution in [0.3, 0.4) is 0 Å². The van der Waals surface area contributed by atoms with Crippen LogP contribution in [0.15, 0.2) is 14.7 Å². The van der Waals surface area contributed by atoms with Crippen molar-refractivity contribution in [2.24, 2.45) is 5.92 Å². The molecule has 19 heavy (non-hydrogen) atoms. The number of thiophene rings is 1. The first-order chi connectivity index (χ1) is 8.76. The number of hydrogen-bond donors (Lipinski definition) is 2. The summed E-state index contributed by atoms with van der Waals surface area (Å²) in [5.74, 6) is 0.442. The Morgan fingerprint density at radius 1 is 1.47 bits per heavy atom. The van der Waals surface area contributed by atoms with Gasteiger partial charge in [0.25, 0.3) is 10.0 Å². The van der Waals surface area contributed by atoms with E-state index in [4.69, 9.17) is 0 Å². The fraction of sp³-hybridized carbons (Fsp3) is 0.545. The fourth-order valence-corrected chi connectivity index (χ4v) is 5.36. The Labute approximate surface area is 126 Å². The van der Waals surface area contributed by atoms with Crippen LogP contribution in [-0.2, 0) is 16.4 Å². The van der Waals surface area contributed by atoms with Gasteiger partial charge in [-0.15, -0.1) is 11.3 Å². The van der Waals surface area contributed by atoms with Gasteiger partial charge < -0.3 is 5.32 Å². The van der Waals surface area contributed by atoms with Crippen molar-refractivity contribution in [3.63, 3.8) is 0 Å². The van der Waals surface area contributed by atoms with E-state index < -0.39 is 16.1 Å². The highest BCUT2D eigenvalue weighted by atomic mass is 79.9. The number of rotatable bonds is 5. The third-order valence-electron chi connectivity index (χ3n) is 2.12. The zero-order valence-electron chi connectivity index (χ0n) is 11.0. The van der Waals surface area contributed by atoms with E-state index in [0.717, 1.165) is 11.3 Å².